The number of nitrogens with zero attached hydrogens (tertiary/aromatic N) is 3. The molecule has 2 rings (SSSR count). The van der Waals surface area contributed by atoms with Gasteiger partial charge in [0.2, 0.25) is 0 Å². The highest BCUT2D eigenvalue weighted by molar-refractivity contribution is 5.60. The highest BCUT2D eigenvalue weighted by atomic mass is 15.2. The van der Waals surface area contributed by atoms with E-state index in [1.54, 1.807) is 6.20 Å². The van der Waals surface area contributed by atoms with Crippen molar-refractivity contribution in [1.82, 2.24) is 4.98 Å². The number of hydrogen-bond donors (Lipinski definition) is 1. The highest BCUT2D eigenvalue weighted by Crippen LogP contribution is 2.29. The summed E-state index contributed by atoms with van der Waals surface area (Å²) in [6.45, 7) is 1.96. The first-order valence-electron chi connectivity index (χ1n) is 6.52. The summed E-state index contributed by atoms with van der Waals surface area (Å²) in [5.74, 6) is 0. The van der Waals surface area contributed by atoms with E-state index >= 15 is 0 Å². The molecule has 2 atom stereocenters. The number of hydrogen-bond acceptors (Lipinski definition) is 4. The zero-order chi connectivity index (χ0) is 14.5. The molecule has 0 amide bonds. The number of nitrogens with two attached hydrogens (primary N) is 1. The molecule has 1 aromatic carbocycles. The molecule has 4 nitrogen and oxygen atoms in total. The molecule has 102 valence electrons. The van der Waals surface area contributed by atoms with Crippen LogP contribution in [0.15, 0.2) is 48.8 Å². The van der Waals surface area contributed by atoms with E-state index in [0.29, 0.717) is 5.56 Å². The molecule has 0 saturated heterocycles. The van der Waals surface area contributed by atoms with Crippen molar-refractivity contribution in [2.24, 2.45) is 5.73 Å². The predicted octanol–water partition coefficient (Wildman–Crippen LogP) is 2.48. The van der Waals surface area contributed by atoms with Gasteiger partial charge in [-0.25, -0.2) is 0 Å². The summed E-state index contributed by atoms with van der Waals surface area (Å²) in [5.41, 5.74) is 8.70. The summed E-state index contributed by atoms with van der Waals surface area (Å²) < 4.78 is 0. The van der Waals surface area contributed by atoms with Crippen molar-refractivity contribution in [1.29, 1.82) is 5.26 Å². The predicted molar refractivity (Wildman–Crippen MR) is 80.2 cm³/mol. The average molecular weight is 266 g/mol. The Bertz CT molecular complexity index is 601. The van der Waals surface area contributed by atoms with Gasteiger partial charge in [0.15, 0.2) is 0 Å². The second-order valence-electron chi connectivity index (χ2n) is 4.83. The zero-order valence-corrected chi connectivity index (χ0v) is 11.7. The van der Waals surface area contributed by atoms with Crippen LogP contribution < -0.4 is 10.6 Å². The van der Waals surface area contributed by atoms with Gasteiger partial charge in [-0.15, -0.1) is 0 Å². The molecule has 0 aliphatic carbocycles. The number of anilines is 1. The number of pyridine rings is 1. The third-order valence-corrected chi connectivity index (χ3v) is 3.35. The lowest BCUT2D eigenvalue weighted by Crippen LogP contribution is -2.37. The Balaban J connectivity index is 2.43. The van der Waals surface area contributed by atoms with Gasteiger partial charge in [-0.3, -0.25) is 4.98 Å². The lowest BCUT2D eigenvalue weighted by atomic mass is 10.00. The lowest BCUT2D eigenvalue weighted by molar-refractivity contribution is 0.556. The van der Waals surface area contributed by atoms with Crippen molar-refractivity contribution >= 4 is 5.69 Å². The van der Waals surface area contributed by atoms with Crippen LogP contribution in [0.5, 0.6) is 0 Å². The first kappa shape index (κ1) is 14.0. The van der Waals surface area contributed by atoms with Crippen LogP contribution in [0.1, 0.15) is 24.1 Å². The van der Waals surface area contributed by atoms with Gasteiger partial charge in [-0.05, 0) is 30.7 Å². The fourth-order valence-electron chi connectivity index (χ4n) is 2.46. The quantitative estimate of drug-likeness (QED) is 0.923. The maximum atomic E-state index is 9.24. The van der Waals surface area contributed by atoms with E-state index in [4.69, 9.17) is 5.73 Å². The minimum Gasteiger partial charge on any atom is -0.365 e. The molecule has 0 bridgehead atoms. The lowest BCUT2D eigenvalue weighted by Gasteiger charge is -2.33. The highest BCUT2D eigenvalue weighted by Gasteiger charge is 2.23. The molecule has 0 spiro atoms. The zero-order valence-electron chi connectivity index (χ0n) is 11.7. The van der Waals surface area contributed by atoms with Gasteiger partial charge in [0, 0.05) is 25.5 Å². The van der Waals surface area contributed by atoms with E-state index in [9.17, 15) is 5.26 Å². The molecule has 0 fully saturated rings. The summed E-state index contributed by atoms with van der Waals surface area (Å²) in [7, 11) is 1.96. The molecular weight excluding hydrogens is 248 g/mol. The summed E-state index contributed by atoms with van der Waals surface area (Å²) in [4.78, 5) is 6.20. The Labute approximate surface area is 119 Å². The minimum absolute atomic E-state index is 0.0294. The van der Waals surface area contributed by atoms with Crippen molar-refractivity contribution in [3.05, 3.63) is 59.9 Å². The van der Waals surface area contributed by atoms with E-state index in [0.717, 1.165) is 11.3 Å². The van der Waals surface area contributed by atoms with E-state index in [1.807, 2.05) is 61.5 Å². The number of benzene rings is 1. The number of aromatic nitrogens is 1. The molecular formula is C16H18N4. The van der Waals surface area contributed by atoms with Crippen molar-refractivity contribution < 1.29 is 0 Å². The molecule has 4 heteroatoms. The Morgan fingerprint density at radius 1 is 1.25 bits per heavy atom. The van der Waals surface area contributed by atoms with Gasteiger partial charge in [-0.2, -0.15) is 5.26 Å². The topological polar surface area (TPSA) is 65.9 Å². The molecule has 2 unspecified atom stereocenters. The second kappa shape index (κ2) is 6.18. The van der Waals surface area contributed by atoms with Gasteiger partial charge < -0.3 is 10.6 Å². The van der Waals surface area contributed by atoms with Crippen LogP contribution in [0, 0.1) is 11.3 Å². The van der Waals surface area contributed by atoms with Crippen LogP contribution in [0.3, 0.4) is 0 Å². The van der Waals surface area contributed by atoms with Gasteiger partial charge >= 0.3 is 0 Å². The maximum absolute atomic E-state index is 9.24. The molecule has 1 aromatic heterocycles. The Morgan fingerprint density at radius 3 is 2.60 bits per heavy atom. The number of likely N-dealkylation sites (N-methyl/N-ethyl adjacent to an activating group) is 1. The van der Waals surface area contributed by atoms with Crippen LogP contribution in [0.2, 0.25) is 0 Å². The van der Waals surface area contributed by atoms with Crippen molar-refractivity contribution in [2.75, 3.05) is 11.9 Å². The minimum atomic E-state index is -0.0871. The fourth-order valence-corrected chi connectivity index (χ4v) is 2.46. The molecule has 2 aromatic rings. The van der Waals surface area contributed by atoms with E-state index in [2.05, 4.69) is 11.1 Å². The molecule has 0 aliphatic heterocycles. The second-order valence-corrected chi connectivity index (χ2v) is 4.83. The Kier molecular flexibility index (Phi) is 4.34. The van der Waals surface area contributed by atoms with Gasteiger partial charge in [0.25, 0.3) is 0 Å². The number of para-hydroxylation sites is 1. The first-order valence-corrected chi connectivity index (χ1v) is 6.52. The molecule has 1 heterocycles. The third-order valence-electron chi connectivity index (χ3n) is 3.35. The average Bonchev–Trinajstić information content (AvgIpc) is 2.48. The van der Waals surface area contributed by atoms with Gasteiger partial charge in [-0.1, -0.05) is 18.2 Å². The summed E-state index contributed by atoms with van der Waals surface area (Å²) in [6.07, 6.45) is 3.56. The standard InChI is InChI=1S/C16H18N4/c1-12(18)16(14-7-5-9-19-11-14)20(2)15-8-4-3-6-13(15)10-17/h3-9,11-12,16H,18H2,1-2H3. The SMILES string of the molecule is CC(N)C(c1cccnc1)N(C)c1ccccc1C#N. The number of nitriles is 1. The van der Waals surface area contributed by atoms with Crippen LogP contribution >= 0.6 is 0 Å². The summed E-state index contributed by atoms with van der Waals surface area (Å²) in [6, 6.07) is 13.5. The summed E-state index contributed by atoms with van der Waals surface area (Å²) >= 11 is 0. The van der Waals surface area contributed by atoms with E-state index < -0.39 is 0 Å². The van der Waals surface area contributed by atoms with Crippen LogP contribution in [-0.4, -0.2) is 18.1 Å². The number of rotatable bonds is 4. The smallest absolute Gasteiger partial charge is 0.101 e. The normalized spacial score (nSPS) is 13.3. The monoisotopic (exact) mass is 266 g/mol. The van der Waals surface area contributed by atoms with Crippen LogP contribution in [-0.2, 0) is 0 Å². The van der Waals surface area contributed by atoms with Crippen molar-refractivity contribution in [2.45, 2.75) is 19.0 Å². The van der Waals surface area contributed by atoms with Crippen molar-refractivity contribution in [3.63, 3.8) is 0 Å². The Hall–Kier alpha value is -2.38. The molecule has 0 saturated carbocycles. The van der Waals surface area contributed by atoms with E-state index in [-0.39, 0.29) is 12.1 Å². The fraction of sp³-hybridized carbons (Fsp3) is 0.250. The van der Waals surface area contributed by atoms with Crippen LogP contribution in [0.25, 0.3) is 0 Å². The molecule has 2 N–H and O–H groups in total. The maximum Gasteiger partial charge on any atom is 0.101 e. The van der Waals surface area contributed by atoms with Gasteiger partial charge in [0.05, 0.1) is 17.3 Å². The van der Waals surface area contributed by atoms with Crippen LogP contribution in [0.4, 0.5) is 5.69 Å². The van der Waals surface area contributed by atoms with Crippen molar-refractivity contribution in [3.8, 4) is 6.07 Å². The molecule has 20 heavy (non-hydrogen) atoms. The first-order chi connectivity index (χ1) is 9.65. The Morgan fingerprint density at radius 2 is 2.00 bits per heavy atom. The largest absolute Gasteiger partial charge is 0.365 e. The molecule has 0 aliphatic rings. The molecule has 0 radical (unpaired) electrons. The van der Waals surface area contributed by atoms with E-state index in [1.165, 1.54) is 0 Å². The third kappa shape index (κ3) is 2.79. The van der Waals surface area contributed by atoms with Gasteiger partial charge in [0.1, 0.15) is 6.07 Å². The summed E-state index contributed by atoms with van der Waals surface area (Å²) in [5, 5.41) is 9.24.